The lowest BCUT2D eigenvalue weighted by Gasteiger charge is -2.33. The van der Waals surface area contributed by atoms with E-state index in [1.54, 1.807) is 55.5 Å². The maximum atomic E-state index is 14.0. The molecule has 0 heterocycles. The van der Waals surface area contributed by atoms with E-state index >= 15 is 0 Å². The van der Waals surface area contributed by atoms with Gasteiger partial charge in [0.1, 0.15) is 12.6 Å². The molecule has 1 atom stereocenters. The lowest BCUT2D eigenvalue weighted by Crippen LogP contribution is -2.53. The van der Waals surface area contributed by atoms with Crippen molar-refractivity contribution in [2.24, 2.45) is 0 Å². The van der Waals surface area contributed by atoms with Crippen LogP contribution in [0.1, 0.15) is 50.2 Å². The highest BCUT2D eigenvalue weighted by molar-refractivity contribution is 7.92. The molecule has 1 aliphatic carbocycles. The highest BCUT2D eigenvalue weighted by Gasteiger charge is 2.33. The molecule has 1 aliphatic rings. The SMILES string of the molecule is Cc1ccc(S(=O)(=O)N(CC(=O)N(Cc2cccc(Cl)c2)[C@H](C)C(=O)NC2CCCCC2)c2cccc(Cl)c2)cc1. The molecule has 218 valence electrons. The lowest BCUT2D eigenvalue weighted by atomic mass is 9.95. The molecular formula is C31H35Cl2N3O4S. The number of sulfonamides is 1. The Morgan fingerprint density at radius 3 is 2.20 bits per heavy atom. The summed E-state index contributed by atoms with van der Waals surface area (Å²) in [5.41, 5.74) is 1.87. The Balaban J connectivity index is 1.68. The Bertz CT molecular complexity index is 1470. The van der Waals surface area contributed by atoms with Gasteiger partial charge < -0.3 is 10.2 Å². The molecule has 4 rings (SSSR count). The molecule has 1 N–H and O–H groups in total. The van der Waals surface area contributed by atoms with Gasteiger partial charge in [0.2, 0.25) is 11.8 Å². The van der Waals surface area contributed by atoms with Gasteiger partial charge in [-0.1, -0.05) is 78.4 Å². The monoisotopic (exact) mass is 615 g/mol. The molecule has 0 spiro atoms. The number of amides is 2. The number of hydrogen-bond acceptors (Lipinski definition) is 4. The van der Waals surface area contributed by atoms with Crippen LogP contribution in [-0.2, 0) is 26.2 Å². The number of rotatable bonds is 10. The maximum Gasteiger partial charge on any atom is 0.264 e. The summed E-state index contributed by atoms with van der Waals surface area (Å²) in [5.74, 6) is -0.810. The number of nitrogens with zero attached hydrogens (tertiary/aromatic N) is 2. The summed E-state index contributed by atoms with van der Waals surface area (Å²) in [6, 6.07) is 19.0. The van der Waals surface area contributed by atoms with Gasteiger partial charge in [-0.3, -0.25) is 13.9 Å². The number of halogens is 2. The summed E-state index contributed by atoms with van der Waals surface area (Å²) < 4.78 is 28.8. The van der Waals surface area contributed by atoms with Gasteiger partial charge in [-0.05, 0) is 74.7 Å². The Hall–Kier alpha value is -3.07. The Kier molecular flexibility index (Phi) is 10.3. The van der Waals surface area contributed by atoms with Crippen molar-refractivity contribution in [3.63, 3.8) is 0 Å². The largest absolute Gasteiger partial charge is 0.352 e. The predicted molar refractivity (Wildman–Crippen MR) is 164 cm³/mol. The molecule has 3 aromatic rings. The first kappa shape index (κ1) is 30.9. The van der Waals surface area contributed by atoms with E-state index in [-0.39, 0.29) is 29.1 Å². The van der Waals surface area contributed by atoms with E-state index in [0.29, 0.717) is 10.0 Å². The van der Waals surface area contributed by atoms with Crippen molar-refractivity contribution in [3.05, 3.63) is 94.0 Å². The van der Waals surface area contributed by atoms with Gasteiger partial charge in [-0.15, -0.1) is 0 Å². The van der Waals surface area contributed by atoms with Crippen LogP contribution in [0.5, 0.6) is 0 Å². The summed E-state index contributed by atoms with van der Waals surface area (Å²) in [5, 5.41) is 3.92. The number of benzene rings is 3. The zero-order valence-electron chi connectivity index (χ0n) is 23.2. The highest BCUT2D eigenvalue weighted by Crippen LogP contribution is 2.27. The van der Waals surface area contributed by atoms with Crippen molar-refractivity contribution in [2.75, 3.05) is 10.8 Å². The molecule has 10 heteroatoms. The summed E-state index contributed by atoms with van der Waals surface area (Å²) >= 11 is 12.4. The van der Waals surface area contributed by atoms with Crippen molar-refractivity contribution < 1.29 is 18.0 Å². The molecule has 7 nitrogen and oxygen atoms in total. The van der Waals surface area contributed by atoms with Gasteiger partial charge in [0.25, 0.3) is 10.0 Å². The number of hydrogen-bond donors (Lipinski definition) is 1. The zero-order valence-corrected chi connectivity index (χ0v) is 25.6. The third-order valence-corrected chi connectivity index (χ3v) is 9.60. The van der Waals surface area contributed by atoms with Gasteiger partial charge in [-0.2, -0.15) is 0 Å². The van der Waals surface area contributed by atoms with Gasteiger partial charge >= 0.3 is 0 Å². The van der Waals surface area contributed by atoms with Gasteiger partial charge in [0.15, 0.2) is 0 Å². The summed E-state index contributed by atoms with van der Waals surface area (Å²) in [7, 11) is -4.16. The molecule has 1 fully saturated rings. The molecular weight excluding hydrogens is 581 g/mol. The van der Waals surface area contributed by atoms with Crippen molar-refractivity contribution >= 4 is 50.7 Å². The Morgan fingerprint density at radius 2 is 1.56 bits per heavy atom. The number of carbonyl (C=O) groups excluding carboxylic acids is 2. The van der Waals surface area contributed by atoms with Gasteiger partial charge in [0.05, 0.1) is 10.6 Å². The van der Waals surface area contributed by atoms with E-state index in [1.807, 2.05) is 13.0 Å². The third kappa shape index (κ3) is 8.03. The fourth-order valence-electron chi connectivity index (χ4n) is 4.98. The minimum Gasteiger partial charge on any atom is -0.352 e. The molecule has 1 saturated carbocycles. The molecule has 0 unspecified atom stereocenters. The fraction of sp³-hybridized carbons (Fsp3) is 0.355. The standard InChI is InChI=1S/C31H35Cl2N3O4S/c1-22-14-16-29(17-15-22)41(39,40)36(28-13-7-10-26(33)19-28)21-30(37)35(20-24-8-6-9-25(32)18-24)23(2)31(38)34-27-11-4-3-5-12-27/h6-10,13-19,23,27H,3-5,11-12,20-21H2,1-2H3,(H,34,38)/t23-/m1/s1. The fourth-order valence-corrected chi connectivity index (χ4v) is 6.78. The Labute approximate surface area is 252 Å². The molecule has 2 amide bonds. The van der Waals surface area contributed by atoms with Crippen LogP contribution in [0.3, 0.4) is 0 Å². The summed E-state index contributed by atoms with van der Waals surface area (Å²) in [6.07, 6.45) is 5.05. The number of aryl methyl sites for hydroxylation is 1. The molecule has 0 bridgehead atoms. The molecule has 3 aromatic carbocycles. The van der Waals surface area contributed by atoms with Crippen LogP contribution in [-0.4, -0.2) is 43.8 Å². The lowest BCUT2D eigenvalue weighted by molar-refractivity contribution is -0.139. The third-order valence-electron chi connectivity index (χ3n) is 7.34. The van der Waals surface area contributed by atoms with Crippen molar-refractivity contribution in [1.82, 2.24) is 10.2 Å². The minimum atomic E-state index is -4.16. The Morgan fingerprint density at radius 1 is 0.927 bits per heavy atom. The molecule has 0 saturated heterocycles. The molecule has 0 aromatic heterocycles. The van der Waals surface area contributed by atoms with Crippen molar-refractivity contribution in [1.29, 1.82) is 0 Å². The minimum absolute atomic E-state index is 0.0420. The van der Waals surface area contributed by atoms with Crippen LogP contribution < -0.4 is 9.62 Å². The second kappa shape index (κ2) is 13.7. The van der Waals surface area contributed by atoms with Gasteiger partial charge in [-0.25, -0.2) is 8.42 Å². The number of anilines is 1. The van der Waals surface area contributed by atoms with E-state index in [4.69, 9.17) is 23.2 Å². The number of nitrogens with one attached hydrogen (secondary N) is 1. The van der Waals surface area contributed by atoms with Crippen LogP contribution >= 0.6 is 23.2 Å². The molecule has 0 aliphatic heterocycles. The van der Waals surface area contributed by atoms with Crippen molar-refractivity contribution in [3.8, 4) is 0 Å². The van der Waals surface area contributed by atoms with Crippen LogP contribution in [0.2, 0.25) is 10.0 Å². The second-order valence-corrected chi connectivity index (χ2v) is 13.2. The van der Waals surface area contributed by atoms with E-state index in [2.05, 4.69) is 5.32 Å². The zero-order chi connectivity index (χ0) is 29.6. The van der Waals surface area contributed by atoms with Crippen molar-refractivity contribution in [2.45, 2.75) is 69.5 Å². The van der Waals surface area contributed by atoms with Crippen LogP contribution in [0.25, 0.3) is 0 Å². The second-order valence-electron chi connectivity index (χ2n) is 10.5. The quantitative estimate of drug-likeness (QED) is 0.287. The normalized spacial score (nSPS) is 14.7. The van der Waals surface area contributed by atoms with Crippen LogP contribution in [0.15, 0.2) is 77.7 Å². The molecule has 0 radical (unpaired) electrons. The van der Waals surface area contributed by atoms with Crippen LogP contribution in [0.4, 0.5) is 5.69 Å². The average Bonchev–Trinajstić information content (AvgIpc) is 2.95. The maximum absolute atomic E-state index is 14.0. The summed E-state index contributed by atoms with van der Waals surface area (Å²) in [4.78, 5) is 28.9. The smallest absolute Gasteiger partial charge is 0.264 e. The van der Waals surface area contributed by atoms with E-state index in [0.717, 1.165) is 47.5 Å². The summed E-state index contributed by atoms with van der Waals surface area (Å²) in [6.45, 7) is 3.08. The van der Waals surface area contributed by atoms with Gasteiger partial charge in [0, 0.05) is 22.6 Å². The van der Waals surface area contributed by atoms with E-state index < -0.39 is 28.5 Å². The predicted octanol–water partition coefficient (Wildman–Crippen LogP) is 6.36. The first-order valence-corrected chi connectivity index (χ1v) is 15.9. The molecule has 41 heavy (non-hydrogen) atoms. The van der Waals surface area contributed by atoms with Crippen LogP contribution in [0, 0.1) is 6.92 Å². The van der Waals surface area contributed by atoms with E-state index in [9.17, 15) is 18.0 Å². The highest BCUT2D eigenvalue weighted by atomic mass is 35.5. The van der Waals surface area contributed by atoms with E-state index in [1.165, 1.54) is 23.1 Å². The first-order chi connectivity index (χ1) is 19.5. The topological polar surface area (TPSA) is 86.8 Å². The first-order valence-electron chi connectivity index (χ1n) is 13.7. The number of carbonyl (C=O) groups is 2. The average molecular weight is 617 g/mol.